The zero-order valence-electron chi connectivity index (χ0n) is 10.2. The number of nitrogens with zero attached hydrogens (tertiary/aromatic N) is 2. The molecule has 94 valence electrons. The molecule has 1 aromatic rings. The van der Waals surface area contributed by atoms with E-state index in [2.05, 4.69) is 10.4 Å². The third-order valence-electron chi connectivity index (χ3n) is 2.19. The molecular formula is C11H17N3O3. The molecule has 1 heterocycles. The van der Waals surface area contributed by atoms with Crippen molar-refractivity contribution in [2.45, 2.75) is 27.3 Å². The molecule has 0 saturated heterocycles. The first kappa shape index (κ1) is 13.2. The highest BCUT2D eigenvalue weighted by Crippen LogP contribution is 2.04. The summed E-state index contributed by atoms with van der Waals surface area (Å²) in [6, 6.07) is 0. The second kappa shape index (κ2) is 5.47. The van der Waals surface area contributed by atoms with Crippen LogP contribution < -0.4 is 5.32 Å². The van der Waals surface area contributed by atoms with Crippen LogP contribution in [0.3, 0.4) is 0 Å². The normalized spacial score (nSPS) is 10.6. The predicted octanol–water partition coefficient (Wildman–Crippen LogP) is 0.662. The number of amides is 1. The van der Waals surface area contributed by atoms with Crippen LogP contribution in [0.15, 0.2) is 6.20 Å². The minimum Gasteiger partial charge on any atom is -0.478 e. The van der Waals surface area contributed by atoms with Crippen molar-refractivity contribution in [1.29, 1.82) is 0 Å². The van der Waals surface area contributed by atoms with Gasteiger partial charge in [0.1, 0.15) is 12.1 Å². The smallest absolute Gasteiger partial charge is 0.339 e. The predicted molar refractivity (Wildman–Crippen MR) is 61.8 cm³/mol. The number of nitrogens with one attached hydrogen (secondary N) is 1. The van der Waals surface area contributed by atoms with Crippen LogP contribution in [-0.2, 0) is 11.3 Å². The highest BCUT2D eigenvalue weighted by molar-refractivity contribution is 5.88. The number of carboxylic acids is 1. The van der Waals surface area contributed by atoms with Gasteiger partial charge in [-0.1, -0.05) is 13.8 Å². The fraction of sp³-hybridized carbons (Fsp3) is 0.545. The Labute approximate surface area is 99.6 Å². The molecule has 1 rings (SSSR count). The molecule has 6 nitrogen and oxygen atoms in total. The second-order valence-corrected chi connectivity index (χ2v) is 4.33. The molecule has 0 saturated carbocycles. The summed E-state index contributed by atoms with van der Waals surface area (Å²) in [4.78, 5) is 22.3. The molecule has 0 atom stereocenters. The first-order chi connectivity index (χ1) is 7.90. The first-order valence-corrected chi connectivity index (χ1v) is 5.44. The molecule has 1 amide bonds. The molecule has 17 heavy (non-hydrogen) atoms. The maximum absolute atomic E-state index is 11.5. The maximum atomic E-state index is 11.5. The minimum atomic E-state index is -1.03. The van der Waals surface area contributed by atoms with E-state index < -0.39 is 5.97 Å². The van der Waals surface area contributed by atoms with Gasteiger partial charge in [-0.15, -0.1) is 0 Å². The monoisotopic (exact) mass is 239 g/mol. The van der Waals surface area contributed by atoms with E-state index in [1.54, 1.807) is 6.92 Å². The van der Waals surface area contributed by atoms with Gasteiger partial charge in [0.05, 0.1) is 5.69 Å². The van der Waals surface area contributed by atoms with Crippen molar-refractivity contribution in [3.8, 4) is 0 Å². The molecule has 0 fully saturated rings. The molecule has 1 aromatic heterocycles. The SMILES string of the molecule is Cc1nn(CC(=O)NCC(C)C)cc1C(=O)O. The summed E-state index contributed by atoms with van der Waals surface area (Å²) >= 11 is 0. The van der Waals surface area contributed by atoms with E-state index in [-0.39, 0.29) is 18.0 Å². The lowest BCUT2D eigenvalue weighted by molar-refractivity contribution is -0.122. The Hall–Kier alpha value is -1.85. The zero-order chi connectivity index (χ0) is 13.0. The van der Waals surface area contributed by atoms with Gasteiger partial charge in [0.25, 0.3) is 0 Å². The van der Waals surface area contributed by atoms with Gasteiger partial charge in [-0.3, -0.25) is 9.48 Å². The zero-order valence-corrected chi connectivity index (χ0v) is 10.2. The quantitative estimate of drug-likeness (QED) is 0.790. The van der Waals surface area contributed by atoms with Gasteiger partial charge in [0.2, 0.25) is 5.91 Å². The van der Waals surface area contributed by atoms with Crippen molar-refractivity contribution in [3.05, 3.63) is 17.5 Å². The number of aromatic nitrogens is 2. The number of carbonyl (C=O) groups excluding carboxylic acids is 1. The molecule has 0 spiro atoms. The average molecular weight is 239 g/mol. The lowest BCUT2D eigenvalue weighted by Gasteiger charge is -2.07. The minimum absolute atomic E-state index is 0.0425. The Morgan fingerprint density at radius 3 is 2.65 bits per heavy atom. The Kier molecular flexibility index (Phi) is 4.25. The number of rotatable bonds is 5. The molecule has 0 aromatic carbocycles. The van der Waals surface area contributed by atoms with Gasteiger partial charge in [0, 0.05) is 12.7 Å². The van der Waals surface area contributed by atoms with Crippen LogP contribution in [0.1, 0.15) is 29.9 Å². The van der Waals surface area contributed by atoms with Gasteiger partial charge in [0.15, 0.2) is 0 Å². The number of hydrogen-bond donors (Lipinski definition) is 2. The molecule has 6 heteroatoms. The molecule has 2 N–H and O–H groups in total. The van der Waals surface area contributed by atoms with Crippen molar-refractivity contribution in [2.75, 3.05) is 6.54 Å². The average Bonchev–Trinajstić information content (AvgIpc) is 2.56. The summed E-state index contributed by atoms with van der Waals surface area (Å²) in [7, 11) is 0. The van der Waals surface area contributed by atoms with Crippen molar-refractivity contribution in [2.24, 2.45) is 5.92 Å². The Balaban J connectivity index is 2.60. The standard InChI is InChI=1S/C11H17N3O3/c1-7(2)4-12-10(15)6-14-5-9(11(16)17)8(3)13-14/h5,7H,4,6H2,1-3H3,(H,12,15)(H,16,17). The van der Waals surface area contributed by atoms with Crippen molar-refractivity contribution >= 4 is 11.9 Å². The van der Waals surface area contributed by atoms with E-state index in [9.17, 15) is 9.59 Å². The van der Waals surface area contributed by atoms with E-state index in [4.69, 9.17) is 5.11 Å². The highest BCUT2D eigenvalue weighted by atomic mass is 16.4. The van der Waals surface area contributed by atoms with Crippen LogP contribution in [0.2, 0.25) is 0 Å². The first-order valence-electron chi connectivity index (χ1n) is 5.44. The lowest BCUT2D eigenvalue weighted by Crippen LogP contribution is -2.30. The van der Waals surface area contributed by atoms with Crippen LogP contribution in [-0.4, -0.2) is 33.3 Å². The molecule has 0 aliphatic carbocycles. The van der Waals surface area contributed by atoms with Crippen LogP contribution in [0.4, 0.5) is 0 Å². The molecular weight excluding hydrogens is 222 g/mol. The summed E-state index contributed by atoms with van der Waals surface area (Å²) in [5.41, 5.74) is 0.538. The van der Waals surface area contributed by atoms with Crippen LogP contribution in [0, 0.1) is 12.8 Å². The molecule has 0 aliphatic rings. The Bertz CT molecular complexity index is 424. The summed E-state index contributed by atoms with van der Waals surface area (Å²) in [6.07, 6.45) is 1.37. The van der Waals surface area contributed by atoms with Gasteiger partial charge in [-0.25, -0.2) is 4.79 Å². The highest BCUT2D eigenvalue weighted by Gasteiger charge is 2.13. The van der Waals surface area contributed by atoms with Crippen molar-refractivity contribution in [3.63, 3.8) is 0 Å². The maximum Gasteiger partial charge on any atom is 0.339 e. The number of carbonyl (C=O) groups is 2. The van der Waals surface area contributed by atoms with E-state index in [1.165, 1.54) is 10.9 Å². The summed E-state index contributed by atoms with van der Waals surface area (Å²) in [5, 5.41) is 15.6. The van der Waals surface area contributed by atoms with E-state index >= 15 is 0 Å². The summed E-state index contributed by atoms with van der Waals surface area (Å²) in [5.74, 6) is -0.817. The van der Waals surface area contributed by atoms with E-state index in [1.807, 2.05) is 13.8 Å². The Morgan fingerprint density at radius 2 is 2.18 bits per heavy atom. The second-order valence-electron chi connectivity index (χ2n) is 4.33. The van der Waals surface area contributed by atoms with Crippen LogP contribution in [0.25, 0.3) is 0 Å². The largest absolute Gasteiger partial charge is 0.478 e. The van der Waals surface area contributed by atoms with Gasteiger partial charge >= 0.3 is 5.97 Å². The van der Waals surface area contributed by atoms with Gasteiger partial charge in [-0.05, 0) is 12.8 Å². The van der Waals surface area contributed by atoms with E-state index in [0.717, 1.165) is 0 Å². The van der Waals surface area contributed by atoms with Crippen molar-refractivity contribution in [1.82, 2.24) is 15.1 Å². The van der Waals surface area contributed by atoms with Gasteiger partial charge < -0.3 is 10.4 Å². The van der Waals surface area contributed by atoms with Crippen LogP contribution in [0.5, 0.6) is 0 Å². The third kappa shape index (κ3) is 3.90. The summed E-state index contributed by atoms with van der Waals surface area (Å²) < 4.78 is 1.34. The van der Waals surface area contributed by atoms with Crippen molar-refractivity contribution < 1.29 is 14.7 Å². The third-order valence-corrected chi connectivity index (χ3v) is 2.19. The molecule has 0 unspecified atom stereocenters. The fourth-order valence-corrected chi connectivity index (χ4v) is 1.33. The molecule has 0 aliphatic heterocycles. The van der Waals surface area contributed by atoms with E-state index in [0.29, 0.717) is 18.2 Å². The fourth-order valence-electron chi connectivity index (χ4n) is 1.33. The summed E-state index contributed by atoms with van der Waals surface area (Å²) in [6.45, 7) is 6.25. The number of carboxylic acid groups (broad SMARTS) is 1. The topological polar surface area (TPSA) is 84.2 Å². The molecule has 0 bridgehead atoms. The number of hydrogen-bond acceptors (Lipinski definition) is 3. The Morgan fingerprint density at radius 1 is 1.53 bits per heavy atom. The number of aryl methyl sites for hydroxylation is 1. The van der Waals surface area contributed by atoms with Crippen LogP contribution >= 0.6 is 0 Å². The number of aromatic carboxylic acids is 1. The molecule has 0 radical (unpaired) electrons. The van der Waals surface area contributed by atoms with Gasteiger partial charge in [-0.2, -0.15) is 5.10 Å². The lowest BCUT2D eigenvalue weighted by atomic mass is 10.2.